The average Bonchev–Trinajstić information content (AvgIpc) is 2.53. The number of para-hydroxylation sites is 1. The molecule has 3 N–H and O–H groups in total. The van der Waals surface area contributed by atoms with Gasteiger partial charge in [-0.25, -0.2) is 13.5 Å². The van der Waals surface area contributed by atoms with E-state index in [4.69, 9.17) is 5.73 Å². The molecule has 0 aliphatic rings. The number of carbonyl (C=O) groups excluding carboxylic acids is 1. The van der Waals surface area contributed by atoms with E-state index in [2.05, 4.69) is 5.10 Å². The van der Waals surface area contributed by atoms with E-state index in [-0.39, 0.29) is 12.4 Å². The minimum atomic E-state index is -3.24. The fraction of sp³-hybridized carbons (Fsp3) is 0.267. The van der Waals surface area contributed by atoms with Gasteiger partial charge in [0.1, 0.15) is 0 Å². The minimum Gasteiger partial charge on any atom is -0.344 e. The van der Waals surface area contributed by atoms with E-state index in [1.165, 1.54) is 10.7 Å². The molecule has 130 valence electrons. The summed E-state index contributed by atoms with van der Waals surface area (Å²) in [5.74, 6) is -4.20. The molecule has 1 amide bonds. The highest BCUT2D eigenvalue weighted by molar-refractivity contribution is 5.92. The zero-order valence-electron chi connectivity index (χ0n) is 12.8. The number of amides is 1. The van der Waals surface area contributed by atoms with Crippen molar-refractivity contribution in [2.45, 2.75) is 12.8 Å². The molecule has 1 heterocycles. The topological polar surface area (TPSA) is 90.0 Å². The zero-order valence-corrected chi connectivity index (χ0v) is 13.6. The third-order valence-electron chi connectivity index (χ3n) is 3.13. The maximum absolute atomic E-state index is 13.1. The summed E-state index contributed by atoms with van der Waals surface area (Å²) in [6, 6.07) is 10.1. The van der Waals surface area contributed by atoms with Crippen molar-refractivity contribution in [2.24, 2.45) is 5.73 Å². The Kier molecular flexibility index (Phi) is 6.56. The lowest BCUT2D eigenvalue weighted by atomic mass is 10.2. The van der Waals surface area contributed by atoms with Gasteiger partial charge in [-0.1, -0.05) is 18.2 Å². The molecule has 6 nitrogen and oxygen atoms in total. The first-order valence-corrected chi connectivity index (χ1v) is 6.86. The Morgan fingerprint density at radius 3 is 2.54 bits per heavy atom. The third-order valence-corrected chi connectivity index (χ3v) is 3.13. The first-order chi connectivity index (χ1) is 10.8. The molecule has 9 heteroatoms. The quantitative estimate of drug-likeness (QED) is 0.842. The number of nitrogens with one attached hydrogen (secondary N) is 1. The molecule has 0 radical (unpaired) electrons. The van der Waals surface area contributed by atoms with Gasteiger partial charge in [0.2, 0.25) is 5.43 Å². The first kappa shape index (κ1) is 19.7. The molecule has 24 heavy (non-hydrogen) atoms. The van der Waals surface area contributed by atoms with Gasteiger partial charge in [-0.15, -0.1) is 12.4 Å². The van der Waals surface area contributed by atoms with Gasteiger partial charge in [-0.3, -0.25) is 9.59 Å². The van der Waals surface area contributed by atoms with Crippen LogP contribution in [0.2, 0.25) is 0 Å². The molecule has 2 rings (SSSR count). The largest absolute Gasteiger partial charge is 0.344 e. The van der Waals surface area contributed by atoms with Gasteiger partial charge >= 0.3 is 0 Å². The molecule has 0 fully saturated rings. The van der Waals surface area contributed by atoms with Crippen LogP contribution in [0.4, 0.5) is 8.78 Å². The maximum atomic E-state index is 13.1. The predicted molar refractivity (Wildman–Crippen MR) is 88.2 cm³/mol. The second-order valence-corrected chi connectivity index (χ2v) is 4.99. The van der Waals surface area contributed by atoms with Crippen molar-refractivity contribution >= 4 is 18.3 Å². The summed E-state index contributed by atoms with van der Waals surface area (Å²) in [6.07, 6.45) is 0. The molecule has 0 saturated heterocycles. The highest BCUT2D eigenvalue weighted by atomic mass is 35.5. The molecule has 1 aromatic carbocycles. The van der Waals surface area contributed by atoms with Crippen LogP contribution in [-0.2, 0) is 0 Å². The second kappa shape index (κ2) is 7.98. The Labute approximate surface area is 143 Å². The minimum absolute atomic E-state index is 0. The number of aromatic nitrogens is 2. The van der Waals surface area contributed by atoms with Crippen molar-refractivity contribution in [3.8, 4) is 5.69 Å². The number of nitrogens with two attached hydrogens (primary N) is 1. The Balaban J connectivity index is 0.00000288. The van der Waals surface area contributed by atoms with Crippen LogP contribution in [0, 0.1) is 6.92 Å². The van der Waals surface area contributed by atoms with Gasteiger partial charge in [0.25, 0.3) is 11.8 Å². The number of benzene rings is 1. The molecule has 0 aliphatic heterocycles. The normalized spacial score (nSPS) is 10.8. The Morgan fingerprint density at radius 1 is 1.33 bits per heavy atom. The van der Waals surface area contributed by atoms with Crippen molar-refractivity contribution in [1.82, 2.24) is 15.1 Å². The Morgan fingerprint density at radius 2 is 1.96 bits per heavy atom. The summed E-state index contributed by atoms with van der Waals surface area (Å²) in [5, 5.41) is 5.97. The summed E-state index contributed by atoms with van der Waals surface area (Å²) >= 11 is 0. The first-order valence-electron chi connectivity index (χ1n) is 6.86. The summed E-state index contributed by atoms with van der Waals surface area (Å²) < 4.78 is 27.6. The van der Waals surface area contributed by atoms with Crippen LogP contribution >= 0.6 is 12.4 Å². The van der Waals surface area contributed by atoms with E-state index in [0.29, 0.717) is 11.4 Å². The maximum Gasteiger partial charge on any atom is 0.277 e. The summed E-state index contributed by atoms with van der Waals surface area (Å²) in [5.41, 5.74) is 4.97. The van der Waals surface area contributed by atoms with Gasteiger partial charge in [-0.05, 0) is 19.1 Å². The van der Waals surface area contributed by atoms with Gasteiger partial charge in [0, 0.05) is 11.8 Å². The molecule has 2 aromatic rings. The standard InChI is InChI=1S/C15H16F2N4O2.ClH/c1-10-7-12(22)13(14(23)19-9-15(16,17)8-18)20-21(10)11-5-3-2-4-6-11;/h2-7H,8-9,18H2,1H3,(H,19,23);1H. The molecule has 0 spiro atoms. The number of aryl methyl sites for hydroxylation is 1. The fourth-order valence-corrected chi connectivity index (χ4v) is 1.90. The van der Waals surface area contributed by atoms with Crippen molar-refractivity contribution < 1.29 is 13.6 Å². The summed E-state index contributed by atoms with van der Waals surface area (Å²) in [4.78, 5) is 23.9. The number of carbonyl (C=O) groups is 1. The van der Waals surface area contributed by atoms with Gasteiger partial charge < -0.3 is 11.1 Å². The Bertz CT molecular complexity index is 766. The number of rotatable bonds is 5. The summed E-state index contributed by atoms with van der Waals surface area (Å²) in [7, 11) is 0. The number of nitrogens with zero attached hydrogens (tertiary/aromatic N) is 2. The lowest BCUT2D eigenvalue weighted by molar-refractivity contribution is 0.0118. The zero-order chi connectivity index (χ0) is 17.0. The van der Waals surface area contributed by atoms with E-state index in [1.807, 2.05) is 11.4 Å². The van der Waals surface area contributed by atoms with Crippen LogP contribution < -0.4 is 16.5 Å². The van der Waals surface area contributed by atoms with Crippen LogP contribution in [-0.4, -0.2) is 34.7 Å². The van der Waals surface area contributed by atoms with Gasteiger partial charge in [-0.2, -0.15) is 5.10 Å². The smallest absolute Gasteiger partial charge is 0.277 e. The van der Waals surface area contributed by atoms with E-state index < -0.39 is 36.0 Å². The van der Waals surface area contributed by atoms with Crippen LogP contribution in [0.15, 0.2) is 41.2 Å². The van der Waals surface area contributed by atoms with Gasteiger partial charge in [0.15, 0.2) is 5.69 Å². The average molecular weight is 359 g/mol. The number of hydrogen-bond donors (Lipinski definition) is 2. The highest BCUT2D eigenvalue weighted by Gasteiger charge is 2.28. The highest BCUT2D eigenvalue weighted by Crippen LogP contribution is 2.10. The molecule has 0 atom stereocenters. The lowest BCUT2D eigenvalue weighted by Crippen LogP contribution is -2.43. The molecule has 1 aromatic heterocycles. The van der Waals surface area contributed by atoms with Crippen molar-refractivity contribution in [3.63, 3.8) is 0 Å². The monoisotopic (exact) mass is 358 g/mol. The van der Waals surface area contributed by atoms with E-state index in [9.17, 15) is 18.4 Å². The van der Waals surface area contributed by atoms with Crippen molar-refractivity contribution in [3.05, 3.63) is 58.0 Å². The fourth-order valence-electron chi connectivity index (χ4n) is 1.90. The molecule has 0 aliphatic carbocycles. The van der Waals surface area contributed by atoms with Crippen LogP contribution in [0.1, 0.15) is 16.2 Å². The lowest BCUT2D eigenvalue weighted by Gasteiger charge is -2.15. The molecular formula is C15H17ClF2N4O2. The van der Waals surface area contributed by atoms with Crippen LogP contribution in [0.5, 0.6) is 0 Å². The summed E-state index contributed by atoms with van der Waals surface area (Å²) in [6.45, 7) is -0.197. The predicted octanol–water partition coefficient (Wildman–Crippen LogP) is 1.29. The van der Waals surface area contributed by atoms with E-state index >= 15 is 0 Å². The van der Waals surface area contributed by atoms with Crippen molar-refractivity contribution in [1.29, 1.82) is 0 Å². The molecule has 0 bridgehead atoms. The number of halogens is 3. The third kappa shape index (κ3) is 4.59. The molecule has 0 unspecified atom stereocenters. The number of hydrogen-bond acceptors (Lipinski definition) is 4. The van der Waals surface area contributed by atoms with Crippen LogP contribution in [0.3, 0.4) is 0 Å². The van der Waals surface area contributed by atoms with E-state index in [0.717, 1.165) is 0 Å². The molecular weight excluding hydrogens is 342 g/mol. The Hall–Kier alpha value is -2.32. The van der Waals surface area contributed by atoms with Crippen molar-refractivity contribution in [2.75, 3.05) is 13.1 Å². The molecule has 0 saturated carbocycles. The van der Waals surface area contributed by atoms with E-state index in [1.54, 1.807) is 31.2 Å². The second-order valence-electron chi connectivity index (χ2n) is 4.99. The van der Waals surface area contributed by atoms with Crippen LogP contribution in [0.25, 0.3) is 5.69 Å². The van der Waals surface area contributed by atoms with Gasteiger partial charge in [0.05, 0.1) is 18.8 Å². The number of alkyl halides is 2. The SMILES string of the molecule is Cc1cc(=O)c(C(=O)NCC(F)(F)CN)nn1-c1ccccc1.Cl.